The standard InChI is InChI=1S/C27H35N3O3/c1-3-33-25-6-4-5-22(17-25)19(2)29-24-12-11-23(16-24)21-9-7-20(8-10-21)15-27(32)30-14-13-28-26(31)18-30/h4-10,17,19,23-24,29H,3,11-16,18H2,1-2H3,(H,28,31)/t19-,23-,24+/m1/s1. The highest BCUT2D eigenvalue weighted by Gasteiger charge is 2.27. The van der Waals surface area contributed by atoms with Crippen LogP contribution in [-0.4, -0.2) is 49.0 Å². The highest BCUT2D eigenvalue weighted by Crippen LogP contribution is 2.35. The first-order valence-corrected chi connectivity index (χ1v) is 12.1. The minimum atomic E-state index is -0.0781. The Balaban J connectivity index is 1.28. The fourth-order valence-corrected chi connectivity index (χ4v) is 4.97. The zero-order valence-electron chi connectivity index (χ0n) is 19.7. The molecule has 4 rings (SSSR count). The van der Waals surface area contributed by atoms with Crippen LogP contribution in [0, 0.1) is 0 Å². The number of benzene rings is 2. The Morgan fingerprint density at radius 2 is 2.03 bits per heavy atom. The molecule has 0 radical (unpaired) electrons. The third-order valence-electron chi connectivity index (χ3n) is 6.78. The van der Waals surface area contributed by atoms with Gasteiger partial charge in [-0.05, 0) is 67.9 Å². The van der Waals surface area contributed by atoms with E-state index in [9.17, 15) is 9.59 Å². The number of piperazine rings is 1. The lowest BCUT2D eigenvalue weighted by Crippen LogP contribution is -2.50. The Bertz CT molecular complexity index is 959. The van der Waals surface area contributed by atoms with Crippen LogP contribution in [0.25, 0.3) is 0 Å². The predicted octanol–water partition coefficient (Wildman–Crippen LogP) is 3.57. The maximum Gasteiger partial charge on any atom is 0.239 e. The third-order valence-corrected chi connectivity index (χ3v) is 6.78. The van der Waals surface area contributed by atoms with Crippen molar-refractivity contribution >= 4 is 11.8 Å². The van der Waals surface area contributed by atoms with E-state index >= 15 is 0 Å². The fourth-order valence-electron chi connectivity index (χ4n) is 4.97. The number of nitrogens with one attached hydrogen (secondary N) is 2. The monoisotopic (exact) mass is 449 g/mol. The molecule has 2 aromatic rings. The van der Waals surface area contributed by atoms with Gasteiger partial charge in [-0.2, -0.15) is 0 Å². The summed E-state index contributed by atoms with van der Waals surface area (Å²) < 4.78 is 5.65. The number of nitrogens with zero attached hydrogens (tertiary/aromatic N) is 1. The minimum Gasteiger partial charge on any atom is -0.494 e. The van der Waals surface area contributed by atoms with Crippen molar-refractivity contribution in [2.75, 3.05) is 26.2 Å². The first kappa shape index (κ1) is 23.3. The Kier molecular flexibility index (Phi) is 7.65. The highest BCUT2D eigenvalue weighted by atomic mass is 16.5. The average Bonchev–Trinajstić information content (AvgIpc) is 3.28. The van der Waals surface area contributed by atoms with Crippen molar-refractivity contribution < 1.29 is 14.3 Å². The van der Waals surface area contributed by atoms with Crippen LogP contribution >= 0.6 is 0 Å². The molecule has 3 atom stereocenters. The molecular formula is C27H35N3O3. The molecule has 33 heavy (non-hydrogen) atoms. The van der Waals surface area contributed by atoms with Gasteiger partial charge in [0, 0.05) is 25.2 Å². The molecule has 2 amide bonds. The van der Waals surface area contributed by atoms with Gasteiger partial charge in [-0.25, -0.2) is 0 Å². The molecule has 176 valence electrons. The molecule has 1 saturated carbocycles. The SMILES string of the molecule is CCOc1cccc([C@@H](C)N[C@H]2CC[C@@H](c3ccc(CC(=O)N4CCNC(=O)C4)cc3)C2)c1. The van der Waals surface area contributed by atoms with Gasteiger partial charge < -0.3 is 20.3 Å². The van der Waals surface area contributed by atoms with E-state index in [1.54, 1.807) is 4.90 Å². The predicted molar refractivity (Wildman–Crippen MR) is 129 cm³/mol. The molecule has 0 spiro atoms. The first-order chi connectivity index (χ1) is 16.0. The Hall–Kier alpha value is -2.86. The van der Waals surface area contributed by atoms with Crippen LogP contribution in [0.5, 0.6) is 5.75 Å². The van der Waals surface area contributed by atoms with E-state index < -0.39 is 0 Å². The topological polar surface area (TPSA) is 70.7 Å². The maximum atomic E-state index is 12.5. The Labute approximate surface area is 196 Å². The van der Waals surface area contributed by atoms with Gasteiger partial charge in [-0.3, -0.25) is 9.59 Å². The van der Waals surface area contributed by atoms with E-state index in [1.807, 2.05) is 13.0 Å². The number of hydrogen-bond donors (Lipinski definition) is 2. The van der Waals surface area contributed by atoms with Crippen LogP contribution in [0.2, 0.25) is 0 Å². The summed E-state index contributed by atoms with van der Waals surface area (Å²) in [6.07, 6.45) is 3.80. The zero-order chi connectivity index (χ0) is 23.2. The van der Waals surface area contributed by atoms with Crippen molar-refractivity contribution in [2.24, 2.45) is 0 Å². The molecule has 2 N–H and O–H groups in total. The van der Waals surface area contributed by atoms with Crippen LogP contribution in [0.3, 0.4) is 0 Å². The molecule has 1 aliphatic carbocycles. The molecule has 1 heterocycles. The molecule has 0 unspecified atom stereocenters. The second kappa shape index (κ2) is 10.8. The number of rotatable bonds is 8. The normalized spacial score (nSPS) is 21.5. The molecule has 2 aliphatic rings. The van der Waals surface area contributed by atoms with Gasteiger partial charge in [-0.1, -0.05) is 36.4 Å². The number of carbonyl (C=O) groups excluding carboxylic acids is 2. The van der Waals surface area contributed by atoms with E-state index in [0.717, 1.165) is 24.2 Å². The molecule has 2 aromatic carbocycles. The van der Waals surface area contributed by atoms with Crippen LogP contribution in [0.4, 0.5) is 0 Å². The largest absolute Gasteiger partial charge is 0.494 e. The van der Waals surface area contributed by atoms with Crippen molar-refractivity contribution in [3.05, 3.63) is 65.2 Å². The lowest BCUT2D eigenvalue weighted by Gasteiger charge is -2.26. The summed E-state index contributed by atoms with van der Waals surface area (Å²) in [4.78, 5) is 25.7. The lowest BCUT2D eigenvalue weighted by atomic mass is 9.95. The third kappa shape index (κ3) is 6.14. The van der Waals surface area contributed by atoms with Gasteiger partial charge in [0.15, 0.2) is 0 Å². The van der Waals surface area contributed by atoms with Crippen molar-refractivity contribution in [3.8, 4) is 5.75 Å². The van der Waals surface area contributed by atoms with Crippen molar-refractivity contribution in [3.63, 3.8) is 0 Å². The summed E-state index contributed by atoms with van der Waals surface area (Å²) in [6.45, 7) is 6.20. The summed E-state index contributed by atoms with van der Waals surface area (Å²) in [5, 5.41) is 6.56. The van der Waals surface area contributed by atoms with Crippen LogP contribution in [0.1, 0.15) is 61.8 Å². The zero-order valence-corrected chi connectivity index (χ0v) is 19.7. The number of amides is 2. The molecule has 0 aromatic heterocycles. The molecule has 6 heteroatoms. The molecule has 2 fully saturated rings. The molecule has 1 saturated heterocycles. The van der Waals surface area contributed by atoms with Crippen LogP contribution in [0.15, 0.2) is 48.5 Å². The Morgan fingerprint density at radius 1 is 1.21 bits per heavy atom. The molecule has 0 bridgehead atoms. The maximum absolute atomic E-state index is 12.5. The van der Waals surface area contributed by atoms with Gasteiger partial charge >= 0.3 is 0 Å². The van der Waals surface area contributed by atoms with Gasteiger partial charge in [-0.15, -0.1) is 0 Å². The van der Waals surface area contributed by atoms with Crippen molar-refractivity contribution in [1.29, 1.82) is 0 Å². The molecule has 6 nitrogen and oxygen atoms in total. The van der Waals surface area contributed by atoms with Gasteiger partial charge in [0.05, 0.1) is 19.6 Å². The lowest BCUT2D eigenvalue weighted by molar-refractivity contribution is -0.137. The number of hydrogen-bond acceptors (Lipinski definition) is 4. The molecule has 1 aliphatic heterocycles. The number of carbonyl (C=O) groups is 2. The average molecular weight is 450 g/mol. The second-order valence-electron chi connectivity index (χ2n) is 9.18. The minimum absolute atomic E-state index is 0.0186. The van der Waals surface area contributed by atoms with E-state index in [-0.39, 0.29) is 24.4 Å². The summed E-state index contributed by atoms with van der Waals surface area (Å²) in [5.74, 6) is 1.41. The summed E-state index contributed by atoms with van der Waals surface area (Å²) in [6, 6.07) is 17.6. The van der Waals surface area contributed by atoms with E-state index in [4.69, 9.17) is 4.74 Å². The van der Waals surface area contributed by atoms with E-state index in [2.05, 4.69) is 60.0 Å². The quantitative estimate of drug-likeness (QED) is 0.646. The van der Waals surface area contributed by atoms with Gasteiger partial charge in [0.1, 0.15) is 5.75 Å². The second-order valence-corrected chi connectivity index (χ2v) is 9.18. The summed E-state index contributed by atoms with van der Waals surface area (Å²) in [7, 11) is 0. The van der Waals surface area contributed by atoms with Crippen LogP contribution < -0.4 is 15.4 Å². The summed E-state index contributed by atoms with van der Waals surface area (Å²) >= 11 is 0. The summed E-state index contributed by atoms with van der Waals surface area (Å²) in [5.41, 5.74) is 3.61. The van der Waals surface area contributed by atoms with E-state index in [0.29, 0.717) is 38.1 Å². The van der Waals surface area contributed by atoms with Crippen molar-refractivity contribution in [2.45, 2.75) is 57.5 Å². The molecular weight excluding hydrogens is 414 g/mol. The number of ether oxygens (including phenoxy) is 1. The highest BCUT2D eigenvalue weighted by molar-refractivity contribution is 5.86. The van der Waals surface area contributed by atoms with Gasteiger partial charge in [0.2, 0.25) is 11.8 Å². The van der Waals surface area contributed by atoms with Crippen LogP contribution in [-0.2, 0) is 16.0 Å². The fraction of sp³-hybridized carbons (Fsp3) is 0.481. The van der Waals surface area contributed by atoms with Crippen molar-refractivity contribution in [1.82, 2.24) is 15.5 Å². The first-order valence-electron chi connectivity index (χ1n) is 12.1. The Morgan fingerprint density at radius 3 is 2.79 bits per heavy atom. The smallest absolute Gasteiger partial charge is 0.239 e. The van der Waals surface area contributed by atoms with E-state index in [1.165, 1.54) is 17.5 Å². The van der Waals surface area contributed by atoms with Gasteiger partial charge in [0.25, 0.3) is 0 Å².